The number of benzene rings is 2. The second-order valence-electron chi connectivity index (χ2n) is 6.75. The van der Waals surface area contributed by atoms with E-state index in [4.69, 9.17) is 11.6 Å². The molecule has 26 heavy (non-hydrogen) atoms. The molecule has 1 fully saturated rings. The molecule has 2 aromatic rings. The summed E-state index contributed by atoms with van der Waals surface area (Å²) >= 11 is 6.57. The van der Waals surface area contributed by atoms with Gasteiger partial charge in [-0.05, 0) is 30.3 Å². The number of hydrogen-bond acceptors (Lipinski definition) is 3. The van der Waals surface area contributed by atoms with Gasteiger partial charge in [-0.3, -0.25) is 0 Å². The standard InChI is InChI=1S/C22H20ClN3/c1-25-11-13-26(14-12-25)22-15-20-17(7-4-8-21(20)23)18(9-10-24)16-5-2-3-6-19(16)22/h2-9,15H,11-14H2,1H3. The van der Waals surface area contributed by atoms with Gasteiger partial charge in [0.05, 0.1) is 6.07 Å². The number of nitrogens with zero attached hydrogens (tertiary/aromatic N) is 3. The maximum Gasteiger partial charge on any atom is 0.0918 e. The molecule has 0 aromatic heterocycles. The zero-order chi connectivity index (χ0) is 18.1. The van der Waals surface area contributed by atoms with E-state index in [1.54, 1.807) is 6.08 Å². The van der Waals surface area contributed by atoms with Gasteiger partial charge in [0.15, 0.2) is 0 Å². The molecule has 0 N–H and O–H groups in total. The molecule has 0 radical (unpaired) electrons. The highest BCUT2D eigenvalue weighted by atomic mass is 35.5. The van der Waals surface area contributed by atoms with E-state index < -0.39 is 0 Å². The van der Waals surface area contributed by atoms with Gasteiger partial charge in [-0.15, -0.1) is 0 Å². The van der Waals surface area contributed by atoms with Crippen molar-refractivity contribution in [2.45, 2.75) is 0 Å². The first-order valence-electron chi connectivity index (χ1n) is 8.82. The Labute approximate surface area is 159 Å². The van der Waals surface area contributed by atoms with Crippen LogP contribution in [0.15, 0.2) is 48.5 Å². The van der Waals surface area contributed by atoms with Crippen LogP contribution in [0.2, 0.25) is 5.02 Å². The molecule has 0 atom stereocenters. The lowest BCUT2D eigenvalue weighted by Gasteiger charge is -2.36. The number of fused-ring (bicyclic) bond motifs is 2. The molecule has 0 amide bonds. The number of piperazine rings is 1. The molecule has 3 nitrogen and oxygen atoms in total. The van der Waals surface area contributed by atoms with Crippen molar-refractivity contribution in [1.82, 2.24) is 9.80 Å². The van der Waals surface area contributed by atoms with Crippen molar-refractivity contribution >= 4 is 28.9 Å². The molecule has 4 rings (SSSR count). The van der Waals surface area contributed by atoms with Crippen LogP contribution < -0.4 is 0 Å². The predicted octanol–water partition coefficient (Wildman–Crippen LogP) is 4.35. The van der Waals surface area contributed by atoms with Crippen LogP contribution in [-0.2, 0) is 0 Å². The van der Waals surface area contributed by atoms with Gasteiger partial charge >= 0.3 is 0 Å². The fourth-order valence-corrected chi connectivity index (χ4v) is 3.98. The van der Waals surface area contributed by atoms with E-state index in [9.17, 15) is 5.26 Å². The summed E-state index contributed by atoms with van der Waals surface area (Å²) in [5.41, 5.74) is 6.35. The molecule has 1 saturated heterocycles. The number of halogens is 1. The number of rotatable bonds is 1. The maximum absolute atomic E-state index is 9.38. The van der Waals surface area contributed by atoms with Gasteiger partial charge in [0.2, 0.25) is 0 Å². The van der Waals surface area contributed by atoms with Crippen LogP contribution in [0, 0.1) is 11.3 Å². The van der Waals surface area contributed by atoms with Crippen LogP contribution in [-0.4, -0.2) is 43.0 Å². The quantitative estimate of drug-likeness (QED) is 0.707. The first-order valence-corrected chi connectivity index (χ1v) is 9.20. The van der Waals surface area contributed by atoms with Crippen LogP contribution in [0.25, 0.3) is 17.3 Å². The third-order valence-corrected chi connectivity index (χ3v) is 5.50. The van der Waals surface area contributed by atoms with E-state index in [0.29, 0.717) is 5.02 Å². The van der Waals surface area contributed by atoms with Crippen molar-refractivity contribution in [2.75, 3.05) is 33.2 Å². The highest BCUT2D eigenvalue weighted by molar-refractivity contribution is 6.32. The molecule has 1 aliphatic heterocycles. The lowest BCUT2D eigenvalue weighted by atomic mass is 9.93. The number of nitriles is 1. The van der Waals surface area contributed by atoms with Crippen molar-refractivity contribution in [2.24, 2.45) is 0 Å². The first kappa shape index (κ1) is 16.9. The average molecular weight is 362 g/mol. The Hall–Kier alpha value is -2.54. The zero-order valence-electron chi connectivity index (χ0n) is 14.7. The van der Waals surface area contributed by atoms with E-state index in [1.807, 2.05) is 24.3 Å². The largest absolute Gasteiger partial charge is 0.368 e. The molecular weight excluding hydrogens is 342 g/mol. The minimum absolute atomic E-state index is 0.714. The summed E-state index contributed by atoms with van der Waals surface area (Å²) in [6, 6.07) is 16.5. The molecule has 130 valence electrons. The smallest absolute Gasteiger partial charge is 0.0918 e. The molecule has 0 spiro atoms. The highest BCUT2D eigenvalue weighted by Gasteiger charge is 2.25. The molecule has 0 bridgehead atoms. The molecule has 2 aromatic carbocycles. The SMILES string of the molecule is CN1CCN(C2=Cc3c(Cl)cccc3C(=CC#N)c3ccccc32)CC1. The second-order valence-corrected chi connectivity index (χ2v) is 7.16. The van der Waals surface area contributed by atoms with Gasteiger partial charge in [0.1, 0.15) is 0 Å². The minimum atomic E-state index is 0.714. The third kappa shape index (κ3) is 2.92. The van der Waals surface area contributed by atoms with Gasteiger partial charge in [-0.2, -0.15) is 5.26 Å². The van der Waals surface area contributed by atoms with Gasteiger partial charge in [0.25, 0.3) is 0 Å². The summed E-state index contributed by atoms with van der Waals surface area (Å²) in [5.74, 6) is 0. The average Bonchev–Trinajstić information content (AvgIpc) is 2.79. The van der Waals surface area contributed by atoms with E-state index >= 15 is 0 Å². The van der Waals surface area contributed by atoms with Crippen LogP contribution in [0.4, 0.5) is 0 Å². The molecule has 4 heteroatoms. The summed E-state index contributed by atoms with van der Waals surface area (Å²) in [7, 11) is 2.16. The van der Waals surface area contributed by atoms with E-state index in [-0.39, 0.29) is 0 Å². The van der Waals surface area contributed by atoms with E-state index in [0.717, 1.165) is 54.0 Å². The van der Waals surface area contributed by atoms with Crippen molar-refractivity contribution in [3.05, 3.63) is 75.8 Å². The van der Waals surface area contributed by atoms with Crippen LogP contribution in [0.1, 0.15) is 22.3 Å². The normalized spacial score (nSPS) is 18.6. The maximum atomic E-state index is 9.38. The summed E-state index contributed by atoms with van der Waals surface area (Å²) < 4.78 is 0. The fourth-order valence-electron chi connectivity index (χ4n) is 3.75. The molecule has 1 heterocycles. The molecule has 0 saturated carbocycles. The first-order chi connectivity index (χ1) is 12.7. The lowest BCUT2D eigenvalue weighted by Crippen LogP contribution is -2.43. The van der Waals surface area contributed by atoms with Crippen LogP contribution in [0.5, 0.6) is 0 Å². The Morgan fingerprint density at radius 3 is 2.38 bits per heavy atom. The minimum Gasteiger partial charge on any atom is -0.368 e. The Morgan fingerprint density at radius 2 is 1.65 bits per heavy atom. The Morgan fingerprint density at radius 1 is 0.962 bits per heavy atom. The summed E-state index contributed by atoms with van der Waals surface area (Å²) in [6.45, 7) is 4.03. The van der Waals surface area contributed by atoms with Crippen molar-refractivity contribution in [3.63, 3.8) is 0 Å². The Bertz CT molecular complexity index is 944. The number of likely N-dealkylation sites (N-methyl/N-ethyl adjacent to an activating group) is 1. The number of allylic oxidation sites excluding steroid dienone is 1. The summed E-state index contributed by atoms with van der Waals surface area (Å²) in [4.78, 5) is 4.78. The predicted molar refractivity (Wildman–Crippen MR) is 108 cm³/mol. The van der Waals surface area contributed by atoms with Crippen LogP contribution >= 0.6 is 11.6 Å². The van der Waals surface area contributed by atoms with E-state index in [1.165, 1.54) is 5.70 Å². The zero-order valence-corrected chi connectivity index (χ0v) is 15.5. The summed E-state index contributed by atoms with van der Waals surface area (Å²) in [6.07, 6.45) is 3.83. The Kier molecular flexibility index (Phi) is 4.55. The van der Waals surface area contributed by atoms with Crippen molar-refractivity contribution in [3.8, 4) is 6.07 Å². The van der Waals surface area contributed by atoms with Gasteiger partial charge in [-0.25, -0.2) is 0 Å². The molecule has 1 aliphatic carbocycles. The highest BCUT2D eigenvalue weighted by Crippen LogP contribution is 2.40. The third-order valence-electron chi connectivity index (χ3n) is 5.17. The number of hydrogen-bond donors (Lipinski definition) is 0. The lowest BCUT2D eigenvalue weighted by molar-refractivity contribution is 0.208. The van der Waals surface area contributed by atoms with Gasteiger partial charge in [0, 0.05) is 59.7 Å². The van der Waals surface area contributed by atoms with Crippen molar-refractivity contribution in [1.29, 1.82) is 5.26 Å². The Balaban J connectivity index is 1.96. The second kappa shape index (κ2) is 6.99. The summed E-state index contributed by atoms with van der Waals surface area (Å²) in [5, 5.41) is 10.1. The molecule has 2 aliphatic rings. The monoisotopic (exact) mass is 361 g/mol. The topological polar surface area (TPSA) is 30.3 Å². The van der Waals surface area contributed by atoms with E-state index in [2.05, 4.69) is 47.2 Å². The molecular formula is C22H20ClN3. The van der Waals surface area contributed by atoms with Crippen LogP contribution in [0.3, 0.4) is 0 Å². The molecule has 0 unspecified atom stereocenters. The fraction of sp³-hybridized carbons (Fsp3) is 0.227. The van der Waals surface area contributed by atoms with Gasteiger partial charge in [-0.1, -0.05) is 48.0 Å². The van der Waals surface area contributed by atoms with Gasteiger partial charge < -0.3 is 9.80 Å². The van der Waals surface area contributed by atoms with Crippen molar-refractivity contribution < 1.29 is 0 Å².